The number of imidazole rings is 1. The molecule has 180 valence electrons. The van der Waals surface area contributed by atoms with Gasteiger partial charge in [0, 0.05) is 5.69 Å². The number of urea groups is 1. The van der Waals surface area contributed by atoms with E-state index in [2.05, 4.69) is 27.5 Å². The van der Waals surface area contributed by atoms with Crippen molar-refractivity contribution in [1.29, 1.82) is 0 Å². The molecule has 0 atom stereocenters. The van der Waals surface area contributed by atoms with Crippen molar-refractivity contribution >= 4 is 29.4 Å². The highest BCUT2D eigenvalue weighted by Gasteiger charge is 2.19. The molecule has 0 unspecified atom stereocenters. The van der Waals surface area contributed by atoms with Crippen LogP contribution in [0.15, 0.2) is 40.8 Å². The Morgan fingerprint density at radius 1 is 1.06 bits per heavy atom. The van der Waals surface area contributed by atoms with Crippen LogP contribution in [0.25, 0.3) is 0 Å². The molecular formula is C24H29N5O5. The number of nitrogens with zero attached hydrogens (tertiary/aromatic N) is 1. The topological polar surface area (TPSA) is 152 Å². The number of ether oxygens (including phenoxy) is 1. The standard InChI is InChI=1S/C24H29N5O5/c1-3-5-6-7-15-8-10-16(11-9-15)26-24(32)29-22-20(21(25)30)27-19(28-22)14-17-12-13-18(34-17)23(31)33-4-2/h8-13H,3-7,14H2,1-2H3,(H2,25,30)(H,27,28)(H2,26,29,32). The van der Waals surface area contributed by atoms with E-state index in [9.17, 15) is 14.4 Å². The van der Waals surface area contributed by atoms with E-state index in [-0.39, 0.29) is 30.3 Å². The summed E-state index contributed by atoms with van der Waals surface area (Å²) in [6.45, 7) is 4.09. The molecule has 0 spiro atoms. The first-order chi connectivity index (χ1) is 16.4. The number of hydrogen-bond acceptors (Lipinski definition) is 6. The van der Waals surface area contributed by atoms with Crippen molar-refractivity contribution in [3.63, 3.8) is 0 Å². The number of furan rings is 1. The minimum absolute atomic E-state index is 0.00615. The number of anilines is 2. The van der Waals surface area contributed by atoms with Gasteiger partial charge in [-0.1, -0.05) is 31.9 Å². The van der Waals surface area contributed by atoms with E-state index in [1.54, 1.807) is 13.0 Å². The number of carbonyl (C=O) groups excluding carboxylic acids is 3. The quantitative estimate of drug-likeness (QED) is 0.244. The Morgan fingerprint density at radius 3 is 2.50 bits per heavy atom. The summed E-state index contributed by atoms with van der Waals surface area (Å²) < 4.78 is 10.4. The lowest BCUT2D eigenvalue weighted by Crippen LogP contribution is -2.22. The molecule has 5 N–H and O–H groups in total. The zero-order valence-electron chi connectivity index (χ0n) is 19.3. The van der Waals surface area contributed by atoms with Crippen LogP contribution in [0.1, 0.15) is 71.3 Å². The van der Waals surface area contributed by atoms with Crippen molar-refractivity contribution in [2.75, 3.05) is 17.2 Å². The maximum atomic E-state index is 12.5. The van der Waals surface area contributed by atoms with E-state index in [1.807, 2.05) is 24.3 Å². The van der Waals surface area contributed by atoms with Crippen molar-refractivity contribution in [3.05, 3.63) is 65.0 Å². The van der Waals surface area contributed by atoms with Crippen LogP contribution in [0, 0.1) is 0 Å². The second-order valence-electron chi connectivity index (χ2n) is 7.67. The van der Waals surface area contributed by atoms with Crippen LogP contribution in [-0.2, 0) is 17.6 Å². The number of nitrogens with one attached hydrogen (secondary N) is 3. The first-order valence-electron chi connectivity index (χ1n) is 11.2. The molecule has 2 aromatic heterocycles. The Kier molecular flexibility index (Phi) is 8.44. The van der Waals surface area contributed by atoms with E-state index < -0.39 is 17.9 Å². The first-order valence-corrected chi connectivity index (χ1v) is 11.2. The number of esters is 1. The van der Waals surface area contributed by atoms with E-state index in [4.69, 9.17) is 14.9 Å². The molecule has 0 aliphatic carbocycles. The van der Waals surface area contributed by atoms with Gasteiger partial charge in [-0.3, -0.25) is 10.1 Å². The highest BCUT2D eigenvalue weighted by molar-refractivity contribution is 6.04. The summed E-state index contributed by atoms with van der Waals surface area (Å²) in [6.07, 6.45) is 4.61. The van der Waals surface area contributed by atoms with Crippen LogP contribution in [0.2, 0.25) is 0 Å². The summed E-state index contributed by atoms with van der Waals surface area (Å²) in [6, 6.07) is 10.1. The Labute approximate surface area is 197 Å². The average Bonchev–Trinajstić information content (AvgIpc) is 3.43. The number of H-pyrrole nitrogens is 1. The third-order valence-electron chi connectivity index (χ3n) is 4.99. The van der Waals surface area contributed by atoms with Crippen LogP contribution in [0.3, 0.4) is 0 Å². The molecule has 2 heterocycles. The number of nitrogens with two attached hydrogens (primary N) is 1. The molecule has 3 aromatic rings. The normalized spacial score (nSPS) is 10.6. The first kappa shape index (κ1) is 24.6. The van der Waals surface area contributed by atoms with Gasteiger partial charge < -0.3 is 25.2 Å². The molecule has 0 saturated carbocycles. The maximum Gasteiger partial charge on any atom is 0.374 e. The van der Waals surface area contributed by atoms with Crippen molar-refractivity contribution in [2.45, 2.75) is 46.0 Å². The molecule has 0 radical (unpaired) electrons. The van der Waals surface area contributed by atoms with Gasteiger partial charge in [-0.25, -0.2) is 14.6 Å². The number of amides is 3. The molecule has 0 bridgehead atoms. The molecule has 3 amide bonds. The Morgan fingerprint density at radius 2 is 1.82 bits per heavy atom. The third kappa shape index (κ3) is 6.71. The van der Waals surface area contributed by atoms with E-state index in [1.165, 1.54) is 18.1 Å². The predicted octanol–water partition coefficient (Wildman–Crippen LogP) is 4.25. The van der Waals surface area contributed by atoms with Gasteiger partial charge in [0.05, 0.1) is 13.0 Å². The van der Waals surface area contributed by atoms with Gasteiger partial charge in [0.15, 0.2) is 5.82 Å². The molecular weight excluding hydrogens is 438 g/mol. The monoisotopic (exact) mass is 467 g/mol. The van der Waals surface area contributed by atoms with Crippen LogP contribution in [0.5, 0.6) is 0 Å². The molecule has 0 aliphatic heterocycles. The SMILES string of the molecule is CCCCCc1ccc(NC(=O)Nc2nc(Cc3ccc(C(=O)OCC)o3)[nH]c2C(N)=O)cc1. The van der Waals surface area contributed by atoms with Gasteiger partial charge in [0.2, 0.25) is 5.76 Å². The number of rotatable bonds is 11. The summed E-state index contributed by atoms with van der Waals surface area (Å²) in [4.78, 5) is 43.1. The summed E-state index contributed by atoms with van der Waals surface area (Å²) in [5.74, 6) is -0.551. The fraction of sp³-hybridized carbons (Fsp3) is 0.333. The molecule has 10 heteroatoms. The van der Waals surface area contributed by atoms with Crippen LogP contribution in [-0.4, -0.2) is 34.5 Å². The van der Waals surface area contributed by atoms with Crippen LogP contribution in [0.4, 0.5) is 16.3 Å². The number of aryl methyl sites for hydroxylation is 1. The van der Waals surface area contributed by atoms with Crippen LogP contribution >= 0.6 is 0 Å². The van der Waals surface area contributed by atoms with Gasteiger partial charge >= 0.3 is 12.0 Å². The lowest BCUT2D eigenvalue weighted by atomic mass is 10.1. The van der Waals surface area contributed by atoms with E-state index >= 15 is 0 Å². The summed E-state index contributed by atoms with van der Waals surface area (Å²) in [5, 5.41) is 5.26. The highest BCUT2D eigenvalue weighted by atomic mass is 16.5. The number of benzene rings is 1. The van der Waals surface area contributed by atoms with Gasteiger partial charge in [0.25, 0.3) is 5.91 Å². The smallest absolute Gasteiger partial charge is 0.374 e. The minimum atomic E-state index is -0.780. The Bertz CT molecular complexity index is 1130. The maximum absolute atomic E-state index is 12.5. The minimum Gasteiger partial charge on any atom is -0.460 e. The number of hydrogen-bond donors (Lipinski definition) is 4. The summed E-state index contributed by atoms with van der Waals surface area (Å²) >= 11 is 0. The fourth-order valence-corrected chi connectivity index (χ4v) is 3.33. The second-order valence-corrected chi connectivity index (χ2v) is 7.67. The molecule has 34 heavy (non-hydrogen) atoms. The lowest BCUT2D eigenvalue weighted by Gasteiger charge is -2.07. The van der Waals surface area contributed by atoms with Crippen molar-refractivity contribution < 1.29 is 23.5 Å². The lowest BCUT2D eigenvalue weighted by molar-refractivity contribution is 0.0488. The molecule has 3 rings (SSSR count). The number of aromatic amines is 1. The molecule has 10 nitrogen and oxygen atoms in total. The van der Waals surface area contributed by atoms with Crippen molar-refractivity contribution in [2.24, 2.45) is 5.73 Å². The number of primary amides is 1. The number of carbonyl (C=O) groups is 3. The molecule has 0 fully saturated rings. The number of unbranched alkanes of at least 4 members (excludes halogenated alkanes) is 2. The van der Waals surface area contributed by atoms with E-state index in [0.717, 1.165) is 19.3 Å². The Balaban J connectivity index is 1.63. The summed E-state index contributed by atoms with van der Waals surface area (Å²) in [7, 11) is 0. The van der Waals surface area contributed by atoms with E-state index in [0.29, 0.717) is 17.3 Å². The third-order valence-corrected chi connectivity index (χ3v) is 4.99. The van der Waals surface area contributed by atoms with Gasteiger partial charge in [-0.15, -0.1) is 0 Å². The second kappa shape index (κ2) is 11.7. The van der Waals surface area contributed by atoms with Crippen LogP contribution < -0.4 is 16.4 Å². The van der Waals surface area contributed by atoms with Gasteiger partial charge in [-0.2, -0.15) is 0 Å². The number of aromatic nitrogens is 2. The fourth-order valence-electron chi connectivity index (χ4n) is 3.33. The Hall–Kier alpha value is -4.08. The van der Waals surface area contributed by atoms with Crippen molar-refractivity contribution in [3.8, 4) is 0 Å². The molecule has 0 saturated heterocycles. The molecule has 1 aromatic carbocycles. The zero-order chi connectivity index (χ0) is 24.5. The van der Waals surface area contributed by atoms with Gasteiger partial charge in [-0.05, 0) is 49.6 Å². The highest BCUT2D eigenvalue weighted by Crippen LogP contribution is 2.18. The van der Waals surface area contributed by atoms with Gasteiger partial charge in [0.1, 0.15) is 17.3 Å². The largest absolute Gasteiger partial charge is 0.460 e. The zero-order valence-corrected chi connectivity index (χ0v) is 19.3. The predicted molar refractivity (Wildman–Crippen MR) is 127 cm³/mol. The average molecular weight is 468 g/mol. The summed E-state index contributed by atoms with van der Waals surface area (Å²) in [5.41, 5.74) is 7.19. The molecule has 0 aliphatic rings. The van der Waals surface area contributed by atoms with Crippen molar-refractivity contribution in [1.82, 2.24) is 9.97 Å².